The number of amides is 1. The topological polar surface area (TPSA) is 58.1 Å². The summed E-state index contributed by atoms with van der Waals surface area (Å²) in [6.45, 7) is 5.21. The molecule has 0 unspecified atom stereocenters. The van der Waals surface area contributed by atoms with Crippen LogP contribution in [0.15, 0.2) is 59.4 Å². The fourth-order valence-corrected chi connectivity index (χ4v) is 3.53. The Morgan fingerprint density at radius 1 is 1.04 bits per heavy atom. The highest BCUT2D eigenvalue weighted by Gasteiger charge is 2.26. The molecule has 3 aromatic rings. The lowest BCUT2D eigenvalue weighted by Gasteiger charge is -2.26. The zero-order valence-electron chi connectivity index (χ0n) is 15.6. The van der Waals surface area contributed by atoms with Crippen molar-refractivity contribution >= 4 is 5.91 Å². The maximum atomic E-state index is 12.9. The minimum absolute atomic E-state index is 0.0252. The second-order valence-corrected chi connectivity index (χ2v) is 7.30. The number of para-hydroxylation sites is 1. The Hall–Kier alpha value is -3.08. The first-order valence-corrected chi connectivity index (χ1v) is 9.32. The monoisotopic (exact) mass is 361 g/mol. The smallest absolute Gasteiger partial charge is 0.276 e. The molecule has 1 aliphatic rings. The molecule has 1 N–H and O–H groups in total. The quantitative estimate of drug-likeness (QED) is 0.776. The van der Waals surface area contributed by atoms with Gasteiger partial charge in [-0.25, -0.2) is 4.68 Å². The van der Waals surface area contributed by atoms with E-state index < -0.39 is 0 Å². The Bertz CT molecular complexity index is 1010. The fourth-order valence-electron chi connectivity index (χ4n) is 3.53. The molecule has 1 amide bonds. The third kappa shape index (κ3) is 3.21. The summed E-state index contributed by atoms with van der Waals surface area (Å²) in [7, 11) is 0. The Morgan fingerprint density at radius 2 is 1.74 bits per heavy atom. The van der Waals surface area contributed by atoms with Crippen LogP contribution >= 0.6 is 0 Å². The number of hydrogen-bond donors (Lipinski definition) is 1. The molecular formula is C22H23N3O2. The number of carbonyl (C=O) groups is 1. The van der Waals surface area contributed by atoms with Gasteiger partial charge in [-0.05, 0) is 35.7 Å². The van der Waals surface area contributed by atoms with Crippen molar-refractivity contribution in [1.29, 1.82) is 0 Å². The van der Waals surface area contributed by atoms with E-state index in [1.165, 1.54) is 5.56 Å². The number of H-pyrrole nitrogens is 1. The number of hydrogen-bond acceptors (Lipinski definition) is 2. The van der Waals surface area contributed by atoms with Crippen molar-refractivity contribution in [3.63, 3.8) is 0 Å². The van der Waals surface area contributed by atoms with Crippen LogP contribution in [0.1, 0.15) is 46.9 Å². The van der Waals surface area contributed by atoms with Gasteiger partial charge in [0, 0.05) is 24.2 Å². The van der Waals surface area contributed by atoms with Crippen LogP contribution < -0.4 is 5.56 Å². The third-order valence-electron chi connectivity index (χ3n) is 5.18. The van der Waals surface area contributed by atoms with Crippen molar-refractivity contribution in [3.8, 4) is 5.69 Å². The first kappa shape index (κ1) is 17.3. The minimum atomic E-state index is -0.0798. The number of aromatic amines is 1. The lowest BCUT2D eigenvalue weighted by molar-refractivity contribution is 0.0734. The minimum Gasteiger partial charge on any atom is -0.334 e. The number of nitrogens with one attached hydrogen (secondary N) is 1. The molecule has 138 valence electrons. The molecule has 5 nitrogen and oxygen atoms in total. The molecule has 0 spiro atoms. The Balaban J connectivity index is 1.59. The average molecular weight is 361 g/mol. The largest absolute Gasteiger partial charge is 0.334 e. The molecule has 0 radical (unpaired) electrons. The van der Waals surface area contributed by atoms with Gasteiger partial charge in [0.2, 0.25) is 0 Å². The first-order chi connectivity index (χ1) is 13.0. The molecule has 5 heteroatoms. The number of benzene rings is 2. The number of carbonyl (C=O) groups excluding carboxylic acids is 1. The summed E-state index contributed by atoms with van der Waals surface area (Å²) in [6, 6.07) is 17.3. The van der Waals surface area contributed by atoms with E-state index in [1.807, 2.05) is 54.6 Å². The highest BCUT2D eigenvalue weighted by atomic mass is 16.2. The molecule has 2 aromatic carbocycles. The van der Waals surface area contributed by atoms with Crippen molar-refractivity contribution in [3.05, 3.63) is 87.3 Å². The predicted octanol–water partition coefficient (Wildman–Crippen LogP) is 3.49. The van der Waals surface area contributed by atoms with E-state index in [1.54, 1.807) is 9.58 Å². The van der Waals surface area contributed by atoms with E-state index in [0.29, 0.717) is 36.6 Å². The Morgan fingerprint density at radius 3 is 2.41 bits per heavy atom. The lowest BCUT2D eigenvalue weighted by atomic mass is 10.0. The van der Waals surface area contributed by atoms with Crippen molar-refractivity contribution in [2.24, 2.45) is 0 Å². The average Bonchev–Trinajstić information content (AvgIpc) is 3.04. The molecule has 0 bridgehead atoms. The van der Waals surface area contributed by atoms with Gasteiger partial charge >= 0.3 is 0 Å². The molecule has 0 aliphatic carbocycles. The van der Waals surface area contributed by atoms with Gasteiger partial charge in [0.15, 0.2) is 0 Å². The lowest BCUT2D eigenvalue weighted by Crippen LogP contribution is -2.37. The van der Waals surface area contributed by atoms with Gasteiger partial charge in [0.05, 0.1) is 17.8 Å². The summed E-state index contributed by atoms with van der Waals surface area (Å²) in [5, 5.41) is 3.20. The highest BCUT2D eigenvalue weighted by molar-refractivity contribution is 5.94. The highest BCUT2D eigenvalue weighted by Crippen LogP contribution is 2.20. The number of nitrogens with zero attached hydrogens (tertiary/aromatic N) is 2. The van der Waals surface area contributed by atoms with Crippen LogP contribution in [0.2, 0.25) is 0 Å². The van der Waals surface area contributed by atoms with Gasteiger partial charge in [-0.1, -0.05) is 44.2 Å². The van der Waals surface area contributed by atoms with Crippen LogP contribution in [-0.2, 0) is 13.0 Å². The summed E-state index contributed by atoms with van der Waals surface area (Å²) in [5.74, 6) is 0.408. The molecule has 0 saturated heterocycles. The number of aromatic nitrogens is 2. The summed E-state index contributed by atoms with van der Waals surface area (Å²) < 4.78 is 1.57. The van der Waals surface area contributed by atoms with Crippen LogP contribution in [0, 0.1) is 0 Å². The summed E-state index contributed by atoms with van der Waals surface area (Å²) in [5.41, 5.74) is 4.20. The zero-order chi connectivity index (χ0) is 19.0. The molecule has 1 aliphatic heterocycles. The maximum absolute atomic E-state index is 12.9. The fraction of sp³-hybridized carbons (Fsp3) is 0.273. The first-order valence-electron chi connectivity index (χ1n) is 9.32. The van der Waals surface area contributed by atoms with Gasteiger partial charge in [-0.3, -0.25) is 14.7 Å². The summed E-state index contributed by atoms with van der Waals surface area (Å²) in [6.07, 6.45) is 0.653. The maximum Gasteiger partial charge on any atom is 0.276 e. The van der Waals surface area contributed by atoms with Crippen molar-refractivity contribution in [2.75, 3.05) is 6.54 Å². The van der Waals surface area contributed by atoms with E-state index in [9.17, 15) is 9.59 Å². The number of fused-ring (bicyclic) bond motifs is 1. The SMILES string of the molecule is CC(C)c1ccc(C(=O)N2CCc3[nH]n(-c4ccccc4)c(=O)c3C2)cc1. The van der Waals surface area contributed by atoms with Crippen LogP contribution in [-0.4, -0.2) is 27.1 Å². The zero-order valence-corrected chi connectivity index (χ0v) is 15.6. The van der Waals surface area contributed by atoms with Crippen molar-refractivity contribution < 1.29 is 4.79 Å². The molecule has 4 rings (SSSR count). The van der Waals surface area contributed by atoms with Gasteiger partial charge in [0.25, 0.3) is 11.5 Å². The Labute approximate surface area is 158 Å². The third-order valence-corrected chi connectivity index (χ3v) is 5.18. The van der Waals surface area contributed by atoms with Crippen LogP contribution in [0.5, 0.6) is 0 Å². The van der Waals surface area contributed by atoms with Gasteiger partial charge in [-0.2, -0.15) is 0 Å². The van der Waals surface area contributed by atoms with Crippen LogP contribution in [0.25, 0.3) is 5.69 Å². The molecule has 27 heavy (non-hydrogen) atoms. The normalized spacial score (nSPS) is 13.7. The molecule has 0 atom stereocenters. The van der Waals surface area contributed by atoms with Crippen molar-refractivity contribution in [2.45, 2.75) is 32.7 Å². The predicted molar refractivity (Wildman–Crippen MR) is 105 cm³/mol. The van der Waals surface area contributed by atoms with E-state index >= 15 is 0 Å². The van der Waals surface area contributed by atoms with E-state index in [0.717, 1.165) is 11.4 Å². The van der Waals surface area contributed by atoms with Gasteiger partial charge < -0.3 is 4.90 Å². The molecular weight excluding hydrogens is 338 g/mol. The molecule has 1 aromatic heterocycles. The Kier molecular flexibility index (Phi) is 4.44. The second-order valence-electron chi connectivity index (χ2n) is 7.30. The van der Waals surface area contributed by atoms with E-state index in [-0.39, 0.29) is 11.5 Å². The van der Waals surface area contributed by atoms with Gasteiger partial charge in [-0.15, -0.1) is 0 Å². The van der Waals surface area contributed by atoms with Crippen molar-refractivity contribution in [1.82, 2.24) is 14.7 Å². The van der Waals surface area contributed by atoms with Crippen LogP contribution in [0.3, 0.4) is 0 Å². The number of rotatable bonds is 3. The standard InChI is InChI=1S/C22H23N3O2/c1-15(2)16-8-10-17(11-9-16)21(26)24-13-12-20-19(14-24)22(27)25(23-20)18-6-4-3-5-7-18/h3-11,15,23H,12-14H2,1-2H3. The van der Waals surface area contributed by atoms with E-state index in [2.05, 4.69) is 18.9 Å². The second kappa shape index (κ2) is 6.91. The van der Waals surface area contributed by atoms with Crippen LogP contribution in [0.4, 0.5) is 0 Å². The van der Waals surface area contributed by atoms with E-state index in [4.69, 9.17) is 0 Å². The van der Waals surface area contributed by atoms with Gasteiger partial charge in [0.1, 0.15) is 0 Å². The summed E-state index contributed by atoms with van der Waals surface area (Å²) >= 11 is 0. The molecule has 2 heterocycles. The molecule has 0 fully saturated rings. The molecule has 0 saturated carbocycles. The summed E-state index contributed by atoms with van der Waals surface area (Å²) in [4.78, 5) is 27.5.